The Labute approximate surface area is 108 Å². The zero-order valence-corrected chi connectivity index (χ0v) is 10.9. The SMILES string of the molecule is NCC(Nc1nc2c(Br)cccn2n1)C1CC1. The van der Waals surface area contributed by atoms with Crippen LogP contribution >= 0.6 is 15.9 Å². The summed E-state index contributed by atoms with van der Waals surface area (Å²) < 4.78 is 2.70. The fraction of sp³-hybridized carbons (Fsp3) is 0.455. The van der Waals surface area contributed by atoms with E-state index in [1.807, 2.05) is 18.3 Å². The van der Waals surface area contributed by atoms with Crippen LogP contribution < -0.4 is 11.1 Å². The number of pyridine rings is 1. The lowest BCUT2D eigenvalue weighted by Crippen LogP contribution is -2.31. The average Bonchev–Trinajstić information content (AvgIpc) is 3.07. The Bertz CT molecular complexity index is 534. The van der Waals surface area contributed by atoms with E-state index in [2.05, 4.69) is 31.3 Å². The van der Waals surface area contributed by atoms with E-state index in [-0.39, 0.29) is 0 Å². The highest BCUT2D eigenvalue weighted by atomic mass is 79.9. The molecule has 0 spiro atoms. The molecule has 17 heavy (non-hydrogen) atoms. The normalized spacial score (nSPS) is 17.3. The quantitative estimate of drug-likeness (QED) is 0.900. The molecule has 2 aromatic heterocycles. The number of fused-ring (bicyclic) bond motifs is 1. The summed E-state index contributed by atoms with van der Waals surface area (Å²) in [7, 11) is 0. The summed E-state index contributed by atoms with van der Waals surface area (Å²) in [5, 5.41) is 7.70. The molecule has 5 nitrogen and oxygen atoms in total. The van der Waals surface area contributed by atoms with Crippen molar-refractivity contribution in [3.63, 3.8) is 0 Å². The Hall–Kier alpha value is -1.14. The summed E-state index contributed by atoms with van der Waals surface area (Å²) in [6.07, 6.45) is 4.39. The Morgan fingerprint density at radius 3 is 3.06 bits per heavy atom. The van der Waals surface area contributed by atoms with Gasteiger partial charge < -0.3 is 11.1 Å². The summed E-state index contributed by atoms with van der Waals surface area (Å²) >= 11 is 3.46. The number of nitrogens with one attached hydrogen (secondary N) is 1. The maximum absolute atomic E-state index is 5.75. The monoisotopic (exact) mass is 295 g/mol. The molecule has 1 fully saturated rings. The van der Waals surface area contributed by atoms with E-state index in [1.54, 1.807) is 4.52 Å². The fourth-order valence-corrected chi connectivity index (χ4v) is 2.39. The Morgan fingerprint density at radius 2 is 2.41 bits per heavy atom. The number of nitrogens with two attached hydrogens (primary N) is 1. The van der Waals surface area contributed by atoms with E-state index < -0.39 is 0 Å². The van der Waals surface area contributed by atoms with Crippen molar-refractivity contribution in [1.82, 2.24) is 14.6 Å². The van der Waals surface area contributed by atoms with E-state index in [0.717, 1.165) is 10.1 Å². The molecule has 0 aromatic carbocycles. The van der Waals surface area contributed by atoms with Gasteiger partial charge in [-0.1, -0.05) is 0 Å². The zero-order valence-electron chi connectivity index (χ0n) is 9.31. The second-order valence-electron chi connectivity index (χ2n) is 4.38. The first-order chi connectivity index (χ1) is 8.28. The number of nitrogens with zero attached hydrogens (tertiary/aromatic N) is 3. The minimum Gasteiger partial charge on any atom is -0.349 e. The van der Waals surface area contributed by atoms with Crippen molar-refractivity contribution in [3.8, 4) is 0 Å². The molecule has 90 valence electrons. The van der Waals surface area contributed by atoms with Gasteiger partial charge in [-0.25, -0.2) is 4.52 Å². The van der Waals surface area contributed by atoms with Crippen molar-refractivity contribution < 1.29 is 0 Å². The van der Waals surface area contributed by atoms with E-state index in [4.69, 9.17) is 5.73 Å². The summed E-state index contributed by atoms with van der Waals surface area (Å²) in [6.45, 7) is 0.626. The van der Waals surface area contributed by atoms with Gasteiger partial charge in [0.15, 0.2) is 5.65 Å². The Kier molecular flexibility index (Phi) is 2.76. The summed E-state index contributed by atoms with van der Waals surface area (Å²) in [6, 6.07) is 4.18. The summed E-state index contributed by atoms with van der Waals surface area (Å²) in [5.74, 6) is 1.34. The molecule has 1 aliphatic carbocycles. The van der Waals surface area contributed by atoms with E-state index in [9.17, 15) is 0 Å². The Morgan fingerprint density at radius 1 is 1.59 bits per heavy atom. The van der Waals surface area contributed by atoms with Gasteiger partial charge in [-0.15, -0.1) is 5.10 Å². The van der Waals surface area contributed by atoms with Gasteiger partial charge in [-0.3, -0.25) is 0 Å². The third kappa shape index (κ3) is 2.14. The van der Waals surface area contributed by atoms with Crippen LogP contribution in [0.3, 0.4) is 0 Å². The minimum atomic E-state index is 0.297. The molecular formula is C11H14BrN5. The van der Waals surface area contributed by atoms with Crippen molar-refractivity contribution in [1.29, 1.82) is 0 Å². The van der Waals surface area contributed by atoms with E-state index in [0.29, 0.717) is 24.5 Å². The molecule has 0 bridgehead atoms. The highest BCUT2D eigenvalue weighted by Gasteiger charge is 2.30. The van der Waals surface area contributed by atoms with Crippen molar-refractivity contribution in [2.24, 2.45) is 11.7 Å². The number of aromatic nitrogens is 3. The Balaban J connectivity index is 1.87. The highest BCUT2D eigenvalue weighted by Crippen LogP contribution is 2.33. The van der Waals surface area contributed by atoms with Crippen molar-refractivity contribution in [3.05, 3.63) is 22.8 Å². The molecule has 2 heterocycles. The number of hydrogen-bond acceptors (Lipinski definition) is 4. The lowest BCUT2D eigenvalue weighted by Gasteiger charge is -2.13. The molecule has 3 rings (SSSR count). The molecule has 2 aromatic rings. The largest absolute Gasteiger partial charge is 0.349 e. The van der Waals surface area contributed by atoms with Crippen molar-refractivity contribution in [2.45, 2.75) is 18.9 Å². The van der Waals surface area contributed by atoms with Gasteiger partial charge in [-0.2, -0.15) is 4.98 Å². The van der Waals surface area contributed by atoms with Gasteiger partial charge in [0, 0.05) is 18.8 Å². The number of rotatable bonds is 4. The standard InChI is InChI=1S/C11H14BrN5/c12-8-2-1-5-17-10(8)15-11(16-17)14-9(6-13)7-3-4-7/h1-2,5,7,9H,3-4,6,13H2,(H,14,16). The van der Waals surface area contributed by atoms with Gasteiger partial charge in [0.05, 0.1) is 4.47 Å². The van der Waals surface area contributed by atoms with Crippen LogP contribution in [0, 0.1) is 5.92 Å². The van der Waals surface area contributed by atoms with Crippen LogP contribution in [-0.2, 0) is 0 Å². The average molecular weight is 296 g/mol. The lowest BCUT2D eigenvalue weighted by molar-refractivity contribution is 0.639. The maximum Gasteiger partial charge on any atom is 0.243 e. The van der Waals surface area contributed by atoms with Gasteiger partial charge in [-0.05, 0) is 46.8 Å². The second-order valence-corrected chi connectivity index (χ2v) is 5.24. The zero-order chi connectivity index (χ0) is 11.8. The molecule has 0 radical (unpaired) electrons. The fourth-order valence-electron chi connectivity index (χ4n) is 1.97. The molecule has 1 saturated carbocycles. The molecule has 3 N–H and O–H groups in total. The third-order valence-electron chi connectivity index (χ3n) is 3.07. The minimum absolute atomic E-state index is 0.297. The van der Waals surface area contributed by atoms with E-state index >= 15 is 0 Å². The summed E-state index contributed by atoms with van der Waals surface area (Å²) in [5.41, 5.74) is 6.57. The maximum atomic E-state index is 5.75. The molecule has 1 atom stereocenters. The van der Waals surface area contributed by atoms with Crippen molar-refractivity contribution >= 4 is 27.5 Å². The number of anilines is 1. The lowest BCUT2D eigenvalue weighted by atomic mass is 10.2. The first-order valence-corrected chi connectivity index (χ1v) is 6.54. The predicted octanol–water partition coefficient (Wildman–Crippen LogP) is 1.64. The van der Waals surface area contributed by atoms with Crippen LogP contribution in [0.2, 0.25) is 0 Å². The van der Waals surface area contributed by atoms with Crippen LogP contribution in [0.5, 0.6) is 0 Å². The van der Waals surface area contributed by atoms with Crippen LogP contribution in [-0.4, -0.2) is 27.2 Å². The second kappa shape index (κ2) is 4.27. The molecule has 0 amide bonds. The topological polar surface area (TPSA) is 68.2 Å². The summed E-state index contributed by atoms with van der Waals surface area (Å²) in [4.78, 5) is 4.45. The number of halogens is 1. The van der Waals surface area contributed by atoms with Crippen LogP contribution in [0.1, 0.15) is 12.8 Å². The smallest absolute Gasteiger partial charge is 0.243 e. The molecular weight excluding hydrogens is 282 g/mol. The highest BCUT2D eigenvalue weighted by molar-refractivity contribution is 9.10. The third-order valence-corrected chi connectivity index (χ3v) is 3.69. The molecule has 6 heteroatoms. The molecule has 1 aliphatic rings. The first kappa shape index (κ1) is 11.0. The molecule has 0 saturated heterocycles. The number of hydrogen-bond donors (Lipinski definition) is 2. The molecule has 1 unspecified atom stereocenters. The van der Waals surface area contributed by atoms with E-state index in [1.165, 1.54) is 12.8 Å². The first-order valence-electron chi connectivity index (χ1n) is 5.75. The van der Waals surface area contributed by atoms with Crippen LogP contribution in [0.15, 0.2) is 22.8 Å². The van der Waals surface area contributed by atoms with Gasteiger partial charge >= 0.3 is 0 Å². The van der Waals surface area contributed by atoms with Gasteiger partial charge in [0.25, 0.3) is 0 Å². The van der Waals surface area contributed by atoms with Gasteiger partial charge in [0.1, 0.15) is 0 Å². The predicted molar refractivity (Wildman–Crippen MR) is 69.9 cm³/mol. The van der Waals surface area contributed by atoms with Gasteiger partial charge in [0.2, 0.25) is 5.95 Å². The van der Waals surface area contributed by atoms with Crippen molar-refractivity contribution in [2.75, 3.05) is 11.9 Å². The molecule has 0 aliphatic heterocycles. The van der Waals surface area contributed by atoms with Crippen LogP contribution in [0.25, 0.3) is 5.65 Å². The van der Waals surface area contributed by atoms with Crippen LogP contribution in [0.4, 0.5) is 5.95 Å².